The first kappa shape index (κ1) is 13.6. The van der Waals surface area contributed by atoms with Gasteiger partial charge in [0, 0.05) is 12.3 Å². The van der Waals surface area contributed by atoms with Gasteiger partial charge in [-0.1, -0.05) is 41.3 Å². The van der Waals surface area contributed by atoms with E-state index in [-0.39, 0.29) is 0 Å². The number of benzene rings is 1. The smallest absolute Gasteiger partial charge is 0.206 e. The molecule has 2 rings (SSSR count). The number of nitriles is 1. The minimum atomic E-state index is 0.681. The van der Waals surface area contributed by atoms with Crippen LogP contribution in [-0.2, 0) is 5.75 Å². The van der Waals surface area contributed by atoms with Gasteiger partial charge in [-0.3, -0.25) is 0 Å². The summed E-state index contributed by atoms with van der Waals surface area (Å²) in [6.45, 7) is 4.33. The van der Waals surface area contributed by atoms with Crippen molar-refractivity contribution in [3.63, 3.8) is 0 Å². The molecule has 1 aromatic carbocycles. The average Bonchev–Trinajstić information content (AvgIpc) is 2.91. The molecule has 6 heteroatoms. The fourth-order valence-electron chi connectivity index (χ4n) is 1.32. The fourth-order valence-corrected chi connectivity index (χ4v) is 3.03. The van der Waals surface area contributed by atoms with Crippen LogP contribution in [0.3, 0.4) is 0 Å². The second-order valence-electron chi connectivity index (χ2n) is 3.64. The lowest BCUT2D eigenvalue weighted by Gasteiger charge is -1.98. The fraction of sp³-hybridized carbons (Fsp3) is 0.154. The average molecular weight is 288 g/mol. The molecule has 96 valence electrons. The maximum atomic E-state index is 8.72. The van der Waals surface area contributed by atoms with Crippen LogP contribution in [-0.4, -0.2) is 16.7 Å². The quantitative estimate of drug-likeness (QED) is 0.652. The lowest BCUT2D eigenvalue weighted by atomic mass is 10.2. The molecule has 4 nitrogen and oxygen atoms in total. The molecule has 0 spiro atoms. The molecular formula is C13H12N4S2. The van der Waals surface area contributed by atoms with Crippen molar-refractivity contribution in [1.29, 1.82) is 5.26 Å². The molecule has 0 saturated carbocycles. The van der Waals surface area contributed by atoms with Crippen LogP contribution in [0.25, 0.3) is 0 Å². The highest BCUT2D eigenvalue weighted by Crippen LogP contribution is 2.28. The highest BCUT2D eigenvalue weighted by atomic mass is 32.2. The summed E-state index contributed by atoms with van der Waals surface area (Å²) in [7, 11) is 0. The molecular weight excluding hydrogens is 276 g/mol. The predicted molar refractivity (Wildman–Crippen MR) is 79.3 cm³/mol. The van der Waals surface area contributed by atoms with Gasteiger partial charge in [0.25, 0.3) is 0 Å². The van der Waals surface area contributed by atoms with Gasteiger partial charge in [-0.25, -0.2) is 0 Å². The highest BCUT2D eigenvalue weighted by Gasteiger charge is 2.04. The van der Waals surface area contributed by atoms with Crippen LogP contribution in [0.2, 0.25) is 0 Å². The zero-order valence-electron chi connectivity index (χ0n) is 10.2. The van der Waals surface area contributed by atoms with Crippen LogP contribution in [0.5, 0.6) is 0 Å². The third kappa shape index (κ3) is 4.09. The summed E-state index contributed by atoms with van der Waals surface area (Å²) in [6, 6.07) is 9.68. The molecule has 0 aliphatic rings. The van der Waals surface area contributed by atoms with E-state index in [4.69, 9.17) is 5.26 Å². The summed E-state index contributed by atoms with van der Waals surface area (Å²) >= 11 is 3.17. The van der Waals surface area contributed by atoms with E-state index in [1.54, 1.807) is 17.8 Å². The molecule has 0 aliphatic carbocycles. The molecule has 1 heterocycles. The van der Waals surface area contributed by atoms with E-state index in [0.29, 0.717) is 12.1 Å². The third-order valence-electron chi connectivity index (χ3n) is 2.25. The number of anilines is 1. The number of rotatable bonds is 6. The van der Waals surface area contributed by atoms with E-state index in [2.05, 4.69) is 28.2 Å². The Hall–Kier alpha value is -1.84. The van der Waals surface area contributed by atoms with Crippen LogP contribution in [0, 0.1) is 11.3 Å². The molecule has 1 N–H and O–H groups in total. The number of aromatic nitrogens is 2. The standard InChI is InChI=1S/C13H12N4S2/c1-2-7-15-12-16-17-13(19-12)18-9-11-5-3-10(8-14)4-6-11/h2-6H,1,7,9H2,(H,15,16). The van der Waals surface area contributed by atoms with Crippen molar-refractivity contribution in [2.75, 3.05) is 11.9 Å². The molecule has 0 unspecified atom stereocenters. The van der Waals surface area contributed by atoms with Gasteiger partial charge >= 0.3 is 0 Å². The number of hydrogen-bond donors (Lipinski definition) is 1. The second-order valence-corrected chi connectivity index (χ2v) is 5.84. The van der Waals surface area contributed by atoms with Gasteiger partial charge in [-0.05, 0) is 17.7 Å². The molecule has 2 aromatic rings. The molecule has 1 aromatic heterocycles. The Morgan fingerprint density at radius 3 is 2.84 bits per heavy atom. The van der Waals surface area contributed by atoms with E-state index in [0.717, 1.165) is 15.2 Å². The van der Waals surface area contributed by atoms with Gasteiger partial charge in [0.15, 0.2) is 4.34 Å². The van der Waals surface area contributed by atoms with E-state index in [1.165, 1.54) is 16.9 Å². The first-order valence-electron chi connectivity index (χ1n) is 5.62. The van der Waals surface area contributed by atoms with Gasteiger partial charge in [-0.2, -0.15) is 5.26 Å². The van der Waals surface area contributed by atoms with Crippen LogP contribution < -0.4 is 5.32 Å². The van der Waals surface area contributed by atoms with Crippen molar-refractivity contribution in [3.05, 3.63) is 48.0 Å². The molecule has 0 saturated heterocycles. The SMILES string of the molecule is C=CCNc1nnc(SCc2ccc(C#N)cc2)s1. The molecule has 0 fully saturated rings. The highest BCUT2D eigenvalue weighted by molar-refractivity contribution is 8.00. The summed E-state index contributed by atoms with van der Waals surface area (Å²) in [6.07, 6.45) is 1.78. The third-order valence-corrected chi connectivity index (χ3v) is 4.33. The van der Waals surface area contributed by atoms with E-state index >= 15 is 0 Å². The van der Waals surface area contributed by atoms with Crippen molar-refractivity contribution < 1.29 is 0 Å². The van der Waals surface area contributed by atoms with Crippen LogP contribution in [0.15, 0.2) is 41.3 Å². The van der Waals surface area contributed by atoms with Crippen LogP contribution in [0.1, 0.15) is 11.1 Å². The summed E-state index contributed by atoms with van der Waals surface area (Å²) < 4.78 is 0.927. The molecule has 0 bridgehead atoms. The number of nitrogens with one attached hydrogen (secondary N) is 1. The molecule has 0 atom stereocenters. The Kier molecular flexibility index (Phi) is 4.95. The number of hydrogen-bond acceptors (Lipinski definition) is 6. The van der Waals surface area contributed by atoms with E-state index in [1.807, 2.05) is 24.3 Å². The Morgan fingerprint density at radius 1 is 1.37 bits per heavy atom. The van der Waals surface area contributed by atoms with Gasteiger partial charge in [0.1, 0.15) is 0 Å². The Labute approximate surface area is 120 Å². The van der Waals surface area contributed by atoms with Gasteiger partial charge in [-0.15, -0.1) is 16.8 Å². The van der Waals surface area contributed by atoms with Crippen molar-refractivity contribution in [2.45, 2.75) is 10.1 Å². The molecule has 0 amide bonds. The zero-order valence-corrected chi connectivity index (χ0v) is 11.8. The van der Waals surface area contributed by atoms with Crippen LogP contribution in [0.4, 0.5) is 5.13 Å². The van der Waals surface area contributed by atoms with Crippen molar-refractivity contribution >= 4 is 28.2 Å². The largest absolute Gasteiger partial charge is 0.357 e. The van der Waals surface area contributed by atoms with Crippen LogP contribution >= 0.6 is 23.1 Å². The molecule has 19 heavy (non-hydrogen) atoms. The number of nitrogens with zero attached hydrogens (tertiary/aromatic N) is 3. The summed E-state index contributed by atoms with van der Waals surface area (Å²) in [5, 5.41) is 20.8. The Bertz CT molecular complexity index is 583. The lowest BCUT2D eigenvalue weighted by Crippen LogP contribution is -1.96. The molecule has 0 radical (unpaired) electrons. The minimum Gasteiger partial charge on any atom is -0.357 e. The second kappa shape index (κ2) is 6.92. The van der Waals surface area contributed by atoms with Crippen molar-refractivity contribution in [1.82, 2.24) is 10.2 Å². The summed E-state index contributed by atoms with van der Waals surface area (Å²) in [5.41, 5.74) is 1.85. The first-order valence-corrected chi connectivity index (χ1v) is 7.42. The van der Waals surface area contributed by atoms with Gasteiger partial charge in [0.05, 0.1) is 11.6 Å². The van der Waals surface area contributed by atoms with Crippen molar-refractivity contribution in [2.24, 2.45) is 0 Å². The maximum Gasteiger partial charge on any atom is 0.206 e. The topological polar surface area (TPSA) is 61.6 Å². The Morgan fingerprint density at radius 2 is 2.16 bits per heavy atom. The predicted octanol–water partition coefficient (Wildman–Crippen LogP) is 3.30. The van der Waals surface area contributed by atoms with Gasteiger partial charge in [0.2, 0.25) is 5.13 Å². The van der Waals surface area contributed by atoms with E-state index in [9.17, 15) is 0 Å². The summed E-state index contributed by atoms with van der Waals surface area (Å²) in [4.78, 5) is 0. The number of thioether (sulfide) groups is 1. The lowest BCUT2D eigenvalue weighted by molar-refractivity contribution is 1.01. The maximum absolute atomic E-state index is 8.72. The minimum absolute atomic E-state index is 0.681. The Balaban J connectivity index is 1.89. The zero-order chi connectivity index (χ0) is 13.5. The first-order chi connectivity index (χ1) is 9.31. The van der Waals surface area contributed by atoms with Crippen molar-refractivity contribution in [3.8, 4) is 6.07 Å². The van der Waals surface area contributed by atoms with Gasteiger partial charge < -0.3 is 5.32 Å². The van der Waals surface area contributed by atoms with E-state index < -0.39 is 0 Å². The molecule has 0 aliphatic heterocycles. The normalized spacial score (nSPS) is 9.84. The monoisotopic (exact) mass is 288 g/mol. The summed E-state index contributed by atoms with van der Waals surface area (Å²) in [5.74, 6) is 0.821.